The number of aliphatic carboxylic acids is 1. The van der Waals surface area contributed by atoms with Crippen molar-refractivity contribution in [3.8, 4) is 0 Å². The highest BCUT2D eigenvalue weighted by Crippen LogP contribution is 2.11. The van der Waals surface area contributed by atoms with Crippen LogP contribution in [0.3, 0.4) is 0 Å². The van der Waals surface area contributed by atoms with Gasteiger partial charge in [0.05, 0.1) is 5.75 Å². The van der Waals surface area contributed by atoms with E-state index < -0.39 is 16.0 Å². The van der Waals surface area contributed by atoms with Crippen LogP contribution in [0.2, 0.25) is 0 Å². The molecule has 0 saturated carbocycles. The van der Waals surface area contributed by atoms with Gasteiger partial charge in [0.25, 0.3) is 0 Å². The molecule has 0 bridgehead atoms. The van der Waals surface area contributed by atoms with Crippen molar-refractivity contribution >= 4 is 16.0 Å². The van der Waals surface area contributed by atoms with Crippen molar-refractivity contribution in [2.45, 2.75) is 26.7 Å². The Morgan fingerprint density at radius 2 is 1.79 bits per heavy atom. The molecule has 0 amide bonds. The van der Waals surface area contributed by atoms with Gasteiger partial charge in [-0.3, -0.25) is 4.79 Å². The third-order valence-corrected chi connectivity index (χ3v) is 5.10. The van der Waals surface area contributed by atoms with Crippen LogP contribution in [0, 0.1) is 5.92 Å². The van der Waals surface area contributed by atoms with Crippen LogP contribution in [-0.2, 0) is 14.8 Å². The van der Waals surface area contributed by atoms with Crippen molar-refractivity contribution < 1.29 is 18.3 Å². The van der Waals surface area contributed by atoms with Crippen LogP contribution in [0.1, 0.15) is 26.7 Å². The predicted molar refractivity (Wildman–Crippen MR) is 73.5 cm³/mol. The number of carboxylic acid groups (broad SMARTS) is 1. The molecule has 0 unspecified atom stereocenters. The van der Waals surface area contributed by atoms with Crippen molar-refractivity contribution in [2.24, 2.45) is 5.92 Å². The third-order valence-electron chi connectivity index (χ3n) is 3.14. The summed E-state index contributed by atoms with van der Waals surface area (Å²) in [6.45, 7) is 7.84. The van der Waals surface area contributed by atoms with E-state index in [4.69, 9.17) is 5.11 Å². The summed E-state index contributed by atoms with van der Waals surface area (Å²) in [5.74, 6) is -0.431. The molecule has 7 heteroatoms. The SMILES string of the molecule is CC(C)CN1CCN(S(=O)(=O)CCCC(=O)O)CC1. The molecule has 1 fully saturated rings. The normalized spacial score (nSPS) is 18.9. The number of carbonyl (C=O) groups is 1. The maximum Gasteiger partial charge on any atom is 0.303 e. The molecule has 0 aromatic carbocycles. The number of hydrogen-bond acceptors (Lipinski definition) is 4. The predicted octanol–water partition coefficient (Wildman–Crippen LogP) is 0.455. The second-order valence-electron chi connectivity index (χ2n) is 5.41. The molecule has 1 aliphatic rings. The van der Waals surface area contributed by atoms with Gasteiger partial charge in [0, 0.05) is 39.1 Å². The van der Waals surface area contributed by atoms with E-state index in [1.165, 1.54) is 4.31 Å². The lowest BCUT2D eigenvalue weighted by Crippen LogP contribution is -2.49. The van der Waals surface area contributed by atoms with E-state index in [0.717, 1.165) is 19.6 Å². The molecule has 1 aliphatic heterocycles. The first kappa shape index (κ1) is 16.4. The first-order valence-corrected chi connectivity index (χ1v) is 8.34. The van der Waals surface area contributed by atoms with Crippen molar-refractivity contribution in [2.75, 3.05) is 38.5 Å². The minimum Gasteiger partial charge on any atom is -0.481 e. The summed E-state index contributed by atoms with van der Waals surface area (Å²) in [4.78, 5) is 12.7. The van der Waals surface area contributed by atoms with Crippen LogP contribution in [0.15, 0.2) is 0 Å². The maximum atomic E-state index is 12.0. The highest BCUT2D eigenvalue weighted by atomic mass is 32.2. The van der Waals surface area contributed by atoms with Crippen molar-refractivity contribution in [1.29, 1.82) is 0 Å². The van der Waals surface area contributed by atoms with Gasteiger partial charge in [-0.15, -0.1) is 0 Å². The van der Waals surface area contributed by atoms with Gasteiger partial charge in [-0.25, -0.2) is 8.42 Å². The summed E-state index contributed by atoms with van der Waals surface area (Å²) in [6, 6.07) is 0. The number of sulfonamides is 1. The first-order chi connectivity index (χ1) is 8.81. The smallest absolute Gasteiger partial charge is 0.303 e. The highest BCUT2D eigenvalue weighted by Gasteiger charge is 2.26. The Kier molecular flexibility index (Phi) is 6.22. The lowest BCUT2D eigenvalue weighted by atomic mass is 10.2. The molecule has 0 radical (unpaired) electrons. The lowest BCUT2D eigenvalue weighted by Gasteiger charge is -2.34. The minimum atomic E-state index is -3.29. The molecule has 6 nitrogen and oxygen atoms in total. The zero-order valence-electron chi connectivity index (χ0n) is 11.7. The van der Waals surface area contributed by atoms with E-state index >= 15 is 0 Å². The third kappa shape index (κ3) is 5.88. The largest absolute Gasteiger partial charge is 0.481 e. The molecule has 19 heavy (non-hydrogen) atoms. The monoisotopic (exact) mass is 292 g/mol. The van der Waals surface area contributed by atoms with E-state index in [9.17, 15) is 13.2 Å². The summed E-state index contributed by atoms with van der Waals surface area (Å²) >= 11 is 0. The molecule has 1 saturated heterocycles. The molecule has 0 aromatic rings. The average molecular weight is 292 g/mol. The summed E-state index contributed by atoms with van der Waals surface area (Å²) < 4.78 is 25.5. The fraction of sp³-hybridized carbons (Fsp3) is 0.917. The quantitative estimate of drug-likeness (QED) is 0.737. The molecular formula is C12H24N2O4S. The number of nitrogens with zero attached hydrogens (tertiary/aromatic N) is 2. The molecule has 0 spiro atoms. The number of piperazine rings is 1. The summed E-state index contributed by atoms with van der Waals surface area (Å²) in [5, 5.41) is 8.52. The standard InChI is InChI=1S/C12H24N2O4S/c1-11(2)10-13-5-7-14(8-6-13)19(17,18)9-3-4-12(15)16/h11H,3-10H2,1-2H3,(H,15,16). The Morgan fingerprint density at radius 1 is 1.21 bits per heavy atom. The Hall–Kier alpha value is -0.660. The molecule has 0 aliphatic carbocycles. The second kappa shape index (κ2) is 7.21. The van der Waals surface area contributed by atoms with E-state index in [-0.39, 0.29) is 18.6 Å². The van der Waals surface area contributed by atoms with Crippen molar-refractivity contribution in [3.05, 3.63) is 0 Å². The Balaban J connectivity index is 2.38. The van der Waals surface area contributed by atoms with Gasteiger partial charge in [0.1, 0.15) is 0 Å². The molecule has 0 atom stereocenters. The second-order valence-corrected chi connectivity index (χ2v) is 7.50. The molecule has 1 N–H and O–H groups in total. The minimum absolute atomic E-state index is 0.0660. The fourth-order valence-corrected chi connectivity index (χ4v) is 3.73. The van der Waals surface area contributed by atoms with Crippen LogP contribution < -0.4 is 0 Å². The van der Waals surface area contributed by atoms with Crippen LogP contribution in [0.25, 0.3) is 0 Å². The zero-order chi connectivity index (χ0) is 14.5. The maximum absolute atomic E-state index is 12.0. The van der Waals surface area contributed by atoms with Gasteiger partial charge < -0.3 is 10.0 Å². The molecule has 0 aromatic heterocycles. The van der Waals surface area contributed by atoms with Crippen LogP contribution in [-0.4, -0.2) is 67.2 Å². The van der Waals surface area contributed by atoms with Gasteiger partial charge in [0.15, 0.2) is 0 Å². The van der Waals surface area contributed by atoms with Crippen molar-refractivity contribution in [3.63, 3.8) is 0 Å². The summed E-state index contributed by atoms with van der Waals surface area (Å²) in [7, 11) is -3.29. The topological polar surface area (TPSA) is 77.9 Å². The Bertz CT molecular complexity index is 387. The van der Waals surface area contributed by atoms with Gasteiger partial charge in [0.2, 0.25) is 10.0 Å². The van der Waals surface area contributed by atoms with Crippen LogP contribution >= 0.6 is 0 Å². The van der Waals surface area contributed by atoms with Crippen LogP contribution in [0.5, 0.6) is 0 Å². The van der Waals surface area contributed by atoms with Crippen molar-refractivity contribution in [1.82, 2.24) is 9.21 Å². The molecular weight excluding hydrogens is 268 g/mol. The molecule has 1 heterocycles. The Morgan fingerprint density at radius 3 is 2.26 bits per heavy atom. The Labute approximate surface area is 115 Å². The number of carboxylic acids is 1. The van der Waals surface area contributed by atoms with Gasteiger partial charge >= 0.3 is 5.97 Å². The summed E-state index contributed by atoms with van der Waals surface area (Å²) in [6.07, 6.45) is 0.0937. The highest BCUT2D eigenvalue weighted by molar-refractivity contribution is 7.89. The zero-order valence-corrected chi connectivity index (χ0v) is 12.5. The molecule has 1 rings (SSSR count). The van der Waals surface area contributed by atoms with Gasteiger partial charge in [-0.2, -0.15) is 4.31 Å². The van der Waals surface area contributed by atoms with E-state index in [1.807, 2.05) is 0 Å². The van der Waals surface area contributed by atoms with Crippen LogP contribution in [0.4, 0.5) is 0 Å². The number of rotatable bonds is 7. The lowest BCUT2D eigenvalue weighted by molar-refractivity contribution is -0.137. The van der Waals surface area contributed by atoms with E-state index in [0.29, 0.717) is 19.0 Å². The molecule has 112 valence electrons. The number of hydrogen-bond donors (Lipinski definition) is 1. The average Bonchev–Trinajstić information content (AvgIpc) is 2.28. The summed E-state index contributed by atoms with van der Waals surface area (Å²) in [5.41, 5.74) is 0. The first-order valence-electron chi connectivity index (χ1n) is 6.73. The van der Waals surface area contributed by atoms with Gasteiger partial charge in [-0.05, 0) is 12.3 Å². The van der Waals surface area contributed by atoms with E-state index in [2.05, 4.69) is 18.7 Å². The fourth-order valence-electron chi connectivity index (χ4n) is 2.24. The van der Waals surface area contributed by atoms with Gasteiger partial charge in [-0.1, -0.05) is 13.8 Å². The van der Waals surface area contributed by atoms with E-state index in [1.54, 1.807) is 0 Å².